The number of hydrogen-bond donors (Lipinski definition) is 1. The van der Waals surface area contributed by atoms with Crippen LogP contribution in [0.25, 0.3) is 0 Å². The molecule has 7 nitrogen and oxygen atoms in total. The van der Waals surface area contributed by atoms with Crippen LogP contribution < -0.4 is 24.3 Å². The van der Waals surface area contributed by atoms with Crippen LogP contribution in [-0.4, -0.2) is 56.9 Å². The zero-order chi connectivity index (χ0) is 20.9. The van der Waals surface area contributed by atoms with Crippen molar-refractivity contribution in [1.29, 1.82) is 0 Å². The third kappa shape index (κ3) is 4.62. The second-order valence-electron chi connectivity index (χ2n) is 7.47. The lowest BCUT2D eigenvalue weighted by atomic mass is 10.1. The summed E-state index contributed by atoms with van der Waals surface area (Å²) in [7, 11) is 1.67. The Bertz CT molecular complexity index is 901. The Morgan fingerprint density at radius 3 is 2.73 bits per heavy atom. The number of nitrogens with one attached hydrogen (secondary N) is 1. The topological polar surface area (TPSA) is 69.3 Å². The van der Waals surface area contributed by atoms with E-state index < -0.39 is 0 Å². The molecule has 0 radical (unpaired) electrons. The fraction of sp³-hybridized carbons (Fsp3) is 0.435. The quantitative estimate of drug-likeness (QED) is 0.787. The molecule has 2 aliphatic rings. The molecule has 30 heavy (non-hydrogen) atoms. The molecule has 0 unspecified atom stereocenters. The van der Waals surface area contributed by atoms with Gasteiger partial charge in [0.25, 0.3) is 5.91 Å². The molecule has 0 saturated heterocycles. The van der Waals surface area contributed by atoms with Gasteiger partial charge in [-0.15, -0.1) is 0 Å². The summed E-state index contributed by atoms with van der Waals surface area (Å²) in [6, 6.07) is 11.2. The molecule has 0 spiro atoms. The lowest BCUT2D eigenvalue weighted by Crippen LogP contribution is -2.38. The number of ether oxygens (including phenoxy) is 4. The van der Waals surface area contributed by atoms with E-state index in [1.807, 2.05) is 18.2 Å². The van der Waals surface area contributed by atoms with Crippen molar-refractivity contribution in [3.8, 4) is 23.0 Å². The lowest BCUT2D eigenvalue weighted by molar-refractivity contribution is 0.0941. The van der Waals surface area contributed by atoms with Crippen LogP contribution in [0.2, 0.25) is 0 Å². The van der Waals surface area contributed by atoms with Crippen molar-refractivity contribution < 1.29 is 23.7 Å². The first-order valence-electron chi connectivity index (χ1n) is 10.4. The van der Waals surface area contributed by atoms with Crippen LogP contribution in [0.1, 0.15) is 29.3 Å². The van der Waals surface area contributed by atoms with Gasteiger partial charge in [0, 0.05) is 37.3 Å². The molecule has 0 aliphatic carbocycles. The van der Waals surface area contributed by atoms with Gasteiger partial charge in [0.2, 0.25) is 0 Å². The fourth-order valence-corrected chi connectivity index (χ4v) is 3.73. The highest BCUT2D eigenvalue weighted by molar-refractivity contribution is 5.94. The van der Waals surface area contributed by atoms with E-state index in [0.717, 1.165) is 43.1 Å². The van der Waals surface area contributed by atoms with Crippen LogP contribution in [0.5, 0.6) is 23.0 Å². The Balaban J connectivity index is 1.37. The van der Waals surface area contributed by atoms with Crippen molar-refractivity contribution in [2.45, 2.75) is 26.0 Å². The summed E-state index contributed by atoms with van der Waals surface area (Å²) >= 11 is 0. The van der Waals surface area contributed by atoms with Gasteiger partial charge in [-0.05, 0) is 42.8 Å². The Labute approximate surface area is 176 Å². The van der Waals surface area contributed by atoms with E-state index in [0.29, 0.717) is 36.8 Å². The largest absolute Gasteiger partial charge is 0.497 e. The number of rotatable bonds is 6. The van der Waals surface area contributed by atoms with Crippen molar-refractivity contribution in [2.75, 3.05) is 40.0 Å². The van der Waals surface area contributed by atoms with Crippen LogP contribution in [0.3, 0.4) is 0 Å². The minimum absolute atomic E-state index is 0.118. The minimum atomic E-state index is -0.118. The van der Waals surface area contributed by atoms with Gasteiger partial charge in [0.1, 0.15) is 30.8 Å². The molecule has 160 valence electrons. The number of fused-ring (bicyclic) bond motifs is 2. The first-order valence-corrected chi connectivity index (χ1v) is 10.4. The molecule has 2 heterocycles. The Morgan fingerprint density at radius 1 is 1.13 bits per heavy atom. The maximum atomic E-state index is 12.6. The molecule has 2 aromatic carbocycles. The zero-order valence-electron chi connectivity index (χ0n) is 17.5. The number of carbonyl (C=O) groups excluding carboxylic acids is 1. The summed E-state index contributed by atoms with van der Waals surface area (Å²) in [5, 5.41) is 3.01. The number of methoxy groups -OCH3 is 1. The molecule has 0 bridgehead atoms. The van der Waals surface area contributed by atoms with Crippen molar-refractivity contribution in [2.24, 2.45) is 0 Å². The molecular weight excluding hydrogens is 384 g/mol. The van der Waals surface area contributed by atoms with Crippen LogP contribution in [0, 0.1) is 0 Å². The second-order valence-corrected chi connectivity index (χ2v) is 7.47. The molecule has 4 rings (SSSR count). The molecule has 1 N–H and O–H groups in total. The summed E-state index contributed by atoms with van der Waals surface area (Å²) in [6.45, 7) is 6.00. The number of carbonyl (C=O) groups is 1. The summed E-state index contributed by atoms with van der Waals surface area (Å²) in [5.74, 6) is 2.91. The van der Waals surface area contributed by atoms with E-state index in [-0.39, 0.29) is 12.0 Å². The maximum Gasteiger partial charge on any atom is 0.251 e. The highest BCUT2D eigenvalue weighted by Crippen LogP contribution is 2.31. The van der Waals surface area contributed by atoms with Gasteiger partial charge in [0.15, 0.2) is 11.5 Å². The molecule has 0 aromatic heterocycles. The van der Waals surface area contributed by atoms with Crippen molar-refractivity contribution in [1.82, 2.24) is 10.2 Å². The molecular formula is C23H28N2O5. The summed E-state index contributed by atoms with van der Waals surface area (Å²) in [5.41, 5.74) is 1.67. The van der Waals surface area contributed by atoms with Crippen LogP contribution in [-0.2, 0) is 6.54 Å². The molecule has 1 atom stereocenters. The predicted octanol–water partition coefficient (Wildman–Crippen LogP) is 2.87. The number of nitrogens with zero attached hydrogens (tertiary/aromatic N) is 1. The predicted molar refractivity (Wildman–Crippen MR) is 113 cm³/mol. The van der Waals surface area contributed by atoms with E-state index in [1.165, 1.54) is 0 Å². The van der Waals surface area contributed by atoms with E-state index in [2.05, 4.69) is 17.1 Å². The van der Waals surface area contributed by atoms with E-state index in [9.17, 15) is 4.79 Å². The molecule has 2 aromatic rings. The third-order valence-electron chi connectivity index (χ3n) is 5.39. The Hall–Kier alpha value is -2.93. The standard InChI is InChI=1S/C23H28N2O5/c1-3-18-15-25(14-17-12-19(27-2)5-7-20(17)30-18)9-8-24-23(26)16-4-6-21-22(13-16)29-11-10-28-21/h4-7,12-13,18H,3,8-11,14-15H2,1-2H3,(H,24,26)/t18-/m0/s1. The smallest absolute Gasteiger partial charge is 0.251 e. The van der Waals surface area contributed by atoms with Crippen LogP contribution in [0.15, 0.2) is 36.4 Å². The normalized spacial score (nSPS) is 18.0. The average Bonchev–Trinajstić information content (AvgIpc) is 2.96. The van der Waals surface area contributed by atoms with Crippen molar-refractivity contribution in [3.63, 3.8) is 0 Å². The molecule has 0 saturated carbocycles. The Kier molecular flexibility index (Phi) is 6.28. The maximum absolute atomic E-state index is 12.6. The van der Waals surface area contributed by atoms with E-state index in [4.69, 9.17) is 18.9 Å². The van der Waals surface area contributed by atoms with Gasteiger partial charge in [-0.3, -0.25) is 9.69 Å². The van der Waals surface area contributed by atoms with E-state index >= 15 is 0 Å². The van der Waals surface area contributed by atoms with Gasteiger partial charge in [-0.1, -0.05) is 6.92 Å². The molecule has 0 fully saturated rings. The average molecular weight is 412 g/mol. The first kappa shape index (κ1) is 20.3. The lowest BCUT2D eigenvalue weighted by Gasteiger charge is -2.23. The molecule has 2 aliphatic heterocycles. The van der Waals surface area contributed by atoms with Gasteiger partial charge < -0.3 is 24.3 Å². The first-order chi connectivity index (χ1) is 14.7. The number of hydrogen-bond acceptors (Lipinski definition) is 6. The molecule has 7 heteroatoms. The minimum Gasteiger partial charge on any atom is -0.497 e. The second kappa shape index (κ2) is 9.26. The van der Waals surface area contributed by atoms with Crippen LogP contribution >= 0.6 is 0 Å². The summed E-state index contributed by atoms with van der Waals surface area (Å²) < 4.78 is 22.6. The summed E-state index contributed by atoms with van der Waals surface area (Å²) in [4.78, 5) is 14.9. The van der Waals surface area contributed by atoms with Gasteiger partial charge in [0.05, 0.1) is 7.11 Å². The monoisotopic (exact) mass is 412 g/mol. The highest BCUT2D eigenvalue weighted by Gasteiger charge is 2.22. The van der Waals surface area contributed by atoms with Gasteiger partial charge in [-0.2, -0.15) is 0 Å². The van der Waals surface area contributed by atoms with Gasteiger partial charge in [-0.25, -0.2) is 0 Å². The molecule has 1 amide bonds. The number of amides is 1. The van der Waals surface area contributed by atoms with Gasteiger partial charge >= 0.3 is 0 Å². The highest BCUT2D eigenvalue weighted by atomic mass is 16.6. The van der Waals surface area contributed by atoms with Crippen molar-refractivity contribution in [3.05, 3.63) is 47.5 Å². The van der Waals surface area contributed by atoms with E-state index in [1.54, 1.807) is 25.3 Å². The summed E-state index contributed by atoms with van der Waals surface area (Å²) in [6.07, 6.45) is 1.04. The fourth-order valence-electron chi connectivity index (χ4n) is 3.73. The zero-order valence-corrected chi connectivity index (χ0v) is 17.5. The Morgan fingerprint density at radius 2 is 1.93 bits per heavy atom. The van der Waals surface area contributed by atoms with Crippen LogP contribution in [0.4, 0.5) is 0 Å². The third-order valence-corrected chi connectivity index (χ3v) is 5.39. The SMILES string of the molecule is CC[C@H]1CN(CCNC(=O)c2ccc3c(c2)OCCO3)Cc2cc(OC)ccc2O1. The van der Waals surface area contributed by atoms with Crippen molar-refractivity contribution >= 4 is 5.91 Å². The number of benzene rings is 2.